The number of rotatable bonds is 6. The monoisotopic (exact) mass is 455 g/mol. The van der Waals surface area contributed by atoms with Gasteiger partial charge in [0.25, 0.3) is 0 Å². The molecule has 0 radical (unpaired) electrons. The fraction of sp³-hybridized carbons (Fsp3) is 0. The number of nitrogens with one attached hydrogen (secondary N) is 2. The molecule has 0 amide bonds. The Morgan fingerprint density at radius 2 is 0.800 bits per heavy atom. The van der Waals surface area contributed by atoms with Gasteiger partial charge in [-0.2, -0.15) is 0 Å². The molecule has 1 aliphatic rings. The minimum Gasteiger partial charge on any atom is -0.399 e. The summed E-state index contributed by atoms with van der Waals surface area (Å²) in [7, 11) is 0. The number of para-hydroxylation sites is 1. The van der Waals surface area contributed by atoms with Crippen LogP contribution < -0.4 is 16.4 Å². The Morgan fingerprint density at radius 1 is 0.429 bits per heavy atom. The van der Waals surface area contributed by atoms with Crippen molar-refractivity contribution in [2.24, 2.45) is 9.98 Å². The summed E-state index contributed by atoms with van der Waals surface area (Å²) in [6.45, 7) is 0. The van der Waals surface area contributed by atoms with Crippen molar-refractivity contribution in [2.45, 2.75) is 0 Å². The van der Waals surface area contributed by atoms with Gasteiger partial charge in [0.1, 0.15) is 0 Å². The minimum absolute atomic E-state index is 0.748. The third-order valence-corrected chi connectivity index (χ3v) is 5.36. The number of anilines is 5. The highest BCUT2D eigenvalue weighted by atomic mass is 14.9. The molecule has 5 rings (SSSR count). The second kappa shape index (κ2) is 10.4. The van der Waals surface area contributed by atoms with E-state index in [1.807, 2.05) is 127 Å². The molecule has 4 N–H and O–H groups in total. The summed E-state index contributed by atoms with van der Waals surface area (Å²) in [5, 5.41) is 6.74. The second-order valence-electron chi connectivity index (χ2n) is 8.07. The summed E-state index contributed by atoms with van der Waals surface area (Å²) >= 11 is 0. The predicted octanol–water partition coefficient (Wildman–Crippen LogP) is 7.73. The molecule has 4 aromatic carbocycles. The number of nitrogen functional groups attached to an aromatic ring is 1. The van der Waals surface area contributed by atoms with Crippen LogP contribution in [0, 0.1) is 0 Å². The van der Waals surface area contributed by atoms with E-state index >= 15 is 0 Å². The molecule has 0 atom stereocenters. The first kappa shape index (κ1) is 21.9. The number of allylic oxidation sites excluding steroid dienone is 4. The third kappa shape index (κ3) is 6.12. The number of hydrogen-bond acceptors (Lipinski definition) is 5. The highest BCUT2D eigenvalue weighted by molar-refractivity contribution is 6.19. The second-order valence-corrected chi connectivity index (χ2v) is 8.07. The molecule has 0 aliphatic heterocycles. The van der Waals surface area contributed by atoms with E-state index in [1.54, 1.807) is 0 Å². The van der Waals surface area contributed by atoms with Gasteiger partial charge < -0.3 is 16.4 Å². The molecule has 0 fully saturated rings. The Kier molecular flexibility index (Phi) is 6.49. The topological polar surface area (TPSA) is 74.8 Å². The van der Waals surface area contributed by atoms with Crippen LogP contribution in [0.1, 0.15) is 0 Å². The van der Waals surface area contributed by atoms with E-state index in [9.17, 15) is 0 Å². The molecule has 1 aliphatic carbocycles. The fourth-order valence-electron chi connectivity index (χ4n) is 3.56. The van der Waals surface area contributed by atoms with E-state index in [0.717, 1.165) is 51.2 Å². The zero-order valence-electron chi connectivity index (χ0n) is 19.1. The van der Waals surface area contributed by atoms with Crippen molar-refractivity contribution in [2.75, 3.05) is 16.4 Å². The van der Waals surface area contributed by atoms with Gasteiger partial charge in [-0.3, -0.25) is 0 Å². The lowest BCUT2D eigenvalue weighted by Gasteiger charge is -2.08. The Hall–Kier alpha value is -4.90. The van der Waals surface area contributed by atoms with Crippen molar-refractivity contribution >= 4 is 51.2 Å². The minimum atomic E-state index is 0.748. The Balaban J connectivity index is 1.19. The Labute approximate surface area is 205 Å². The summed E-state index contributed by atoms with van der Waals surface area (Å²) in [6.07, 6.45) is 7.91. The van der Waals surface area contributed by atoms with E-state index in [-0.39, 0.29) is 0 Å². The number of benzene rings is 4. The number of aliphatic imine (C=N–C) groups is 2. The van der Waals surface area contributed by atoms with E-state index in [1.165, 1.54) is 0 Å². The van der Waals surface area contributed by atoms with Gasteiger partial charge in [-0.25, -0.2) is 9.98 Å². The van der Waals surface area contributed by atoms with Crippen LogP contribution in [0.5, 0.6) is 0 Å². The highest BCUT2D eigenvalue weighted by Gasteiger charge is 2.02. The van der Waals surface area contributed by atoms with Crippen LogP contribution in [0.4, 0.5) is 39.8 Å². The molecule has 0 spiro atoms. The molecule has 5 heteroatoms. The molecular formula is C30H25N5. The summed E-state index contributed by atoms with van der Waals surface area (Å²) in [4.78, 5) is 9.42. The molecule has 0 aromatic heterocycles. The van der Waals surface area contributed by atoms with Crippen molar-refractivity contribution in [1.29, 1.82) is 0 Å². The largest absolute Gasteiger partial charge is 0.399 e. The predicted molar refractivity (Wildman–Crippen MR) is 149 cm³/mol. The quantitative estimate of drug-likeness (QED) is 0.206. The lowest BCUT2D eigenvalue weighted by Crippen LogP contribution is -1.99. The van der Waals surface area contributed by atoms with Crippen molar-refractivity contribution in [3.8, 4) is 0 Å². The van der Waals surface area contributed by atoms with E-state index in [4.69, 9.17) is 15.7 Å². The first-order valence-electron chi connectivity index (χ1n) is 11.4. The van der Waals surface area contributed by atoms with Crippen molar-refractivity contribution in [3.63, 3.8) is 0 Å². The molecular weight excluding hydrogens is 430 g/mol. The average molecular weight is 456 g/mol. The first-order valence-corrected chi connectivity index (χ1v) is 11.4. The number of nitrogens with two attached hydrogens (primary N) is 1. The summed E-state index contributed by atoms with van der Waals surface area (Å²) < 4.78 is 0. The van der Waals surface area contributed by atoms with Crippen molar-refractivity contribution in [1.82, 2.24) is 0 Å². The zero-order valence-corrected chi connectivity index (χ0v) is 19.1. The zero-order chi connectivity index (χ0) is 23.9. The van der Waals surface area contributed by atoms with Gasteiger partial charge in [-0.15, -0.1) is 0 Å². The molecule has 0 saturated heterocycles. The van der Waals surface area contributed by atoms with Gasteiger partial charge in [-0.1, -0.05) is 18.2 Å². The van der Waals surface area contributed by atoms with Crippen LogP contribution in [0.15, 0.2) is 137 Å². The Morgan fingerprint density at radius 3 is 1.23 bits per heavy atom. The van der Waals surface area contributed by atoms with Crippen LogP contribution in [-0.4, -0.2) is 11.4 Å². The van der Waals surface area contributed by atoms with Crippen molar-refractivity contribution in [3.05, 3.63) is 127 Å². The van der Waals surface area contributed by atoms with Crippen LogP contribution in [0.2, 0.25) is 0 Å². The maximum Gasteiger partial charge on any atom is 0.0638 e. The van der Waals surface area contributed by atoms with E-state index in [2.05, 4.69) is 10.6 Å². The molecule has 0 unspecified atom stereocenters. The SMILES string of the molecule is Nc1ccc(Nc2ccc(N=C3C=CC(=Nc4ccc(Nc5ccccc5)cc4)C=C3)cc2)cc1. The Bertz CT molecular complexity index is 1380. The molecule has 0 bridgehead atoms. The molecule has 5 nitrogen and oxygen atoms in total. The van der Waals surface area contributed by atoms with Crippen LogP contribution in [-0.2, 0) is 0 Å². The maximum absolute atomic E-state index is 5.74. The van der Waals surface area contributed by atoms with E-state index in [0.29, 0.717) is 0 Å². The van der Waals surface area contributed by atoms with Gasteiger partial charge in [0.15, 0.2) is 0 Å². The van der Waals surface area contributed by atoms with Crippen LogP contribution >= 0.6 is 0 Å². The normalized spacial score (nSPS) is 12.3. The van der Waals surface area contributed by atoms with Crippen LogP contribution in [0.3, 0.4) is 0 Å². The maximum atomic E-state index is 5.74. The molecule has 35 heavy (non-hydrogen) atoms. The number of hydrogen-bond donors (Lipinski definition) is 3. The first-order chi connectivity index (χ1) is 17.2. The average Bonchev–Trinajstić information content (AvgIpc) is 2.89. The summed E-state index contributed by atoms with van der Waals surface area (Å²) in [6, 6.07) is 33.8. The third-order valence-electron chi connectivity index (χ3n) is 5.36. The lowest BCUT2D eigenvalue weighted by molar-refractivity contribution is 1.48. The summed E-state index contributed by atoms with van der Waals surface area (Å²) in [5.74, 6) is 0. The van der Waals surface area contributed by atoms with Gasteiger partial charge in [-0.05, 0) is 109 Å². The van der Waals surface area contributed by atoms with E-state index < -0.39 is 0 Å². The molecule has 4 aromatic rings. The highest BCUT2D eigenvalue weighted by Crippen LogP contribution is 2.23. The van der Waals surface area contributed by atoms with Gasteiger partial charge in [0.05, 0.1) is 22.8 Å². The van der Waals surface area contributed by atoms with Crippen LogP contribution in [0.25, 0.3) is 0 Å². The standard InChI is InChI=1S/C30H25N5/c31-22-6-8-24(9-7-22)33-26-14-16-28(17-15-26)35-30-20-18-29(19-21-30)34-27-12-10-25(11-13-27)32-23-4-2-1-3-5-23/h1-21,32-33H,31H2. The van der Waals surface area contributed by atoms with Gasteiger partial charge in [0, 0.05) is 28.4 Å². The summed E-state index contributed by atoms with van der Waals surface area (Å²) in [5.41, 5.74) is 14.1. The lowest BCUT2D eigenvalue weighted by atomic mass is 10.1. The molecule has 0 saturated carbocycles. The molecule has 170 valence electrons. The molecule has 0 heterocycles. The fourth-order valence-corrected chi connectivity index (χ4v) is 3.56. The number of nitrogens with zero attached hydrogens (tertiary/aromatic N) is 2. The van der Waals surface area contributed by atoms with Gasteiger partial charge in [0.2, 0.25) is 0 Å². The van der Waals surface area contributed by atoms with Gasteiger partial charge >= 0.3 is 0 Å². The van der Waals surface area contributed by atoms with Crippen molar-refractivity contribution < 1.29 is 0 Å². The smallest absolute Gasteiger partial charge is 0.0638 e.